The van der Waals surface area contributed by atoms with Gasteiger partial charge in [-0.15, -0.1) is 0 Å². The zero-order valence-corrected chi connectivity index (χ0v) is 17.9. The summed E-state index contributed by atoms with van der Waals surface area (Å²) in [4.78, 5) is 18.1. The number of rotatable bonds is 4. The summed E-state index contributed by atoms with van der Waals surface area (Å²) in [6, 6.07) is 25.3. The number of carbonyl (C=O) groups is 1. The highest BCUT2D eigenvalue weighted by Gasteiger charge is 2.15. The van der Waals surface area contributed by atoms with Gasteiger partial charge in [-0.05, 0) is 73.5 Å². The van der Waals surface area contributed by atoms with E-state index in [1.54, 1.807) is 10.9 Å². The van der Waals surface area contributed by atoms with Gasteiger partial charge in [-0.3, -0.25) is 4.79 Å². The van der Waals surface area contributed by atoms with Crippen molar-refractivity contribution in [1.29, 1.82) is 0 Å². The summed E-state index contributed by atoms with van der Waals surface area (Å²) in [5, 5.41) is 8.08. The van der Waals surface area contributed by atoms with E-state index in [2.05, 4.69) is 42.5 Å². The molecule has 5 rings (SSSR count). The Kier molecular flexibility index (Phi) is 5.00. The molecule has 0 aliphatic heterocycles. The van der Waals surface area contributed by atoms with E-state index in [1.165, 1.54) is 11.1 Å². The van der Waals surface area contributed by atoms with Crippen LogP contribution in [0.3, 0.4) is 0 Å². The number of aromatic nitrogens is 3. The lowest BCUT2D eigenvalue weighted by Gasteiger charge is -2.12. The van der Waals surface area contributed by atoms with E-state index in [0.29, 0.717) is 5.56 Å². The van der Waals surface area contributed by atoms with E-state index in [9.17, 15) is 4.79 Å². The number of aryl methyl sites for hydroxylation is 2. The van der Waals surface area contributed by atoms with E-state index >= 15 is 0 Å². The van der Waals surface area contributed by atoms with E-state index in [1.807, 2.05) is 66.9 Å². The van der Waals surface area contributed by atoms with Crippen LogP contribution in [-0.4, -0.2) is 20.7 Å². The first-order valence-corrected chi connectivity index (χ1v) is 10.5. The summed E-state index contributed by atoms with van der Waals surface area (Å²) in [5.74, 6) is -0.166. The molecule has 0 bridgehead atoms. The molecular formula is C27H22N4O. The molecular weight excluding hydrogens is 396 g/mol. The van der Waals surface area contributed by atoms with Gasteiger partial charge in [0.2, 0.25) is 0 Å². The van der Waals surface area contributed by atoms with Crippen molar-refractivity contribution in [1.82, 2.24) is 14.8 Å². The van der Waals surface area contributed by atoms with Crippen LogP contribution in [-0.2, 0) is 0 Å². The smallest absolute Gasteiger partial charge is 0.256 e. The summed E-state index contributed by atoms with van der Waals surface area (Å²) >= 11 is 0. The lowest BCUT2D eigenvalue weighted by Crippen LogP contribution is -2.13. The Morgan fingerprint density at radius 3 is 2.44 bits per heavy atom. The number of para-hydroxylation sites is 1. The molecule has 156 valence electrons. The second-order valence-corrected chi connectivity index (χ2v) is 7.82. The van der Waals surface area contributed by atoms with Crippen molar-refractivity contribution in [3.8, 4) is 16.9 Å². The minimum Gasteiger partial charge on any atom is -0.322 e. The van der Waals surface area contributed by atoms with Crippen LogP contribution in [0.15, 0.2) is 91.3 Å². The third-order valence-electron chi connectivity index (χ3n) is 5.66. The highest BCUT2D eigenvalue weighted by molar-refractivity contribution is 6.13. The molecule has 2 heterocycles. The minimum absolute atomic E-state index is 0.166. The van der Waals surface area contributed by atoms with Gasteiger partial charge in [0, 0.05) is 29.0 Å². The van der Waals surface area contributed by atoms with Gasteiger partial charge in [-0.1, -0.05) is 30.3 Å². The number of nitrogens with zero attached hydrogens (tertiary/aromatic N) is 3. The monoisotopic (exact) mass is 418 g/mol. The van der Waals surface area contributed by atoms with Gasteiger partial charge in [-0.25, -0.2) is 9.67 Å². The number of anilines is 1. The molecule has 5 heteroatoms. The van der Waals surface area contributed by atoms with Crippen molar-refractivity contribution in [3.05, 3.63) is 108 Å². The predicted octanol–water partition coefficient (Wildman–Crippen LogP) is 5.96. The van der Waals surface area contributed by atoms with E-state index < -0.39 is 0 Å². The van der Waals surface area contributed by atoms with Crippen LogP contribution in [0.4, 0.5) is 5.69 Å². The van der Waals surface area contributed by atoms with Gasteiger partial charge in [-0.2, -0.15) is 5.10 Å². The lowest BCUT2D eigenvalue weighted by atomic mass is 10.0. The Hall–Kier alpha value is -4.25. The number of benzene rings is 3. The molecule has 0 spiro atoms. The first kappa shape index (κ1) is 19.7. The van der Waals surface area contributed by atoms with Crippen LogP contribution in [0.5, 0.6) is 0 Å². The summed E-state index contributed by atoms with van der Waals surface area (Å²) in [6.45, 7) is 4.17. The molecule has 0 saturated heterocycles. The van der Waals surface area contributed by atoms with Crippen LogP contribution >= 0.6 is 0 Å². The van der Waals surface area contributed by atoms with Crippen LogP contribution in [0, 0.1) is 13.8 Å². The normalized spacial score (nSPS) is 10.9. The predicted molar refractivity (Wildman–Crippen MR) is 128 cm³/mol. The Bertz CT molecular complexity index is 1420. The van der Waals surface area contributed by atoms with Gasteiger partial charge < -0.3 is 5.32 Å². The van der Waals surface area contributed by atoms with Gasteiger partial charge >= 0.3 is 0 Å². The first-order valence-electron chi connectivity index (χ1n) is 10.5. The molecule has 1 N–H and O–H groups in total. The van der Waals surface area contributed by atoms with Crippen molar-refractivity contribution in [2.75, 3.05) is 5.32 Å². The van der Waals surface area contributed by atoms with E-state index in [-0.39, 0.29) is 5.91 Å². The van der Waals surface area contributed by atoms with Gasteiger partial charge in [0.25, 0.3) is 5.91 Å². The third-order valence-corrected chi connectivity index (χ3v) is 5.66. The summed E-state index contributed by atoms with van der Waals surface area (Å²) < 4.78 is 1.78. The summed E-state index contributed by atoms with van der Waals surface area (Å²) in [7, 11) is 0. The fourth-order valence-electron chi connectivity index (χ4n) is 3.73. The first-order chi connectivity index (χ1) is 15.6. The zero-order chi connectivity index (χ0) is 22.1. The SMILES string of the molecule is Cc1ccc(-c2cc(C(=O)Nc3ccc(-n4cccn4)cc3)c3ccccc3n2)cc1C. The molecule has 5 aromatic rings. The quantitative estimate of drug-likeness (QED) is 0.392. The molecule has 2 aromatic heterocycles. The average molecular weight is 419 g/mol. The number of pyridine rings is 1. The summed E-state index contributed by atoms with van der Waals surface area (Å²) in [5.41, 5.74) is 7.25. The number of hydrogen-bond donors (Lipinski definition) is 1. The molecule has 3 aromatic carbocycles. The lowest BCUT2D eigenvalue weighted by molar-refractivity contribution is 0.102. The molecule has 0 fully saturated rings. The van der Waals surface area contributed by atoms with Crippen LogP contribution in [0.25, 0.3) is 27.8 Å². The van der Waals surface area contributed by atoms with Crippen molar-refractivity contribution >= 4 is 22.5 Å². The number of carbonyl (C=O) groups excluding carboxylic acids is 1. The van der Waals surface area contributed by atoms with Crippen molar-refractivity contribution in [3.63, 3.8) is 0 Å². The van der Waals surface area contributed by atoms with Crippen LogP contribution < -0.4 is 5.32 Å². The van der Waals surface area contributed by atoms with Crippen molar-refractivity contribution < 1.29 is 4.79 Å². The van der Waals surface area contributed by atoms with E-state index in [0.717, 1.165) is 33.5 Å². The molecule has 0 aliphatic rings. The van der Waals surface area contributed by atoms with E-state index in [4.69, 9.17) is 4.98 Å². The molecule has 32 heavy (non-hydrogen) atoms. The van der Waals surface area contributed by atoms with Gasteiger partial charge in [0.15, 0.2) is 0 Å². The standard InChI is InChI=1S/C27H22N4O/c1-18-8-9-20(16-19(18)2)26-17-24(23-6-3-4-7-25(23)30-26)27(32)29-21-10-12-22(13-11-21)31-15-5-14-28-31/h3-17H,1-2H3,(H,29,32). The maximum Gasteiger partial charge on any atom is 0.256 e. The second kappa shape index (κ2) is 8.12. The second-order valence-electron chi connectivity index (χ2n) is 7.82. The topological polar surface area (TPSA) is 59.8 Å². The number of hydrogen-bond acceptors (Lipinski definition) is 3. The molecule has 0 unspecified atom stereocenters. The highest BCUT2D eigenvalue weighted by atomic mass is 16.1. The fraction of sp³-hybridized carbons (Fsp3) is 0.0741. The van der Waals surface area contributed by atoms with Crippen LogP contribution in [0.2, 0.25) is 0 Å². The molecule has 0 saturated carbocycles. The summed E-state index contributed by atoms with van der Waals surface area (Å²) in [6.07, 6.45) is 3.61. The van der Waals surface area contributed by atoms with Gasteiger partial charge in [0.1, 0.15) is 0 Å². The number of fused-ring (bicyclic) bond motifs is 1. The maximum absolute atomic E-state index is 13.3. The molecule has 1 amide bonds. The minimum atomic E-state index is -0.166. The number of nitrogens with one attached hydrogen (secondary N) is 1. The Morgan fingerprint density at radius 2 is 1.69 bits per heavy atom. The molecule has 0 aliphatic carbocycles. The highest BCUT2D eigenvalue weighted by Crippen LogP contribution is 2.27. The van der Waals surface area contributed by atoms with Gasteiger partial charge in [0.05, 0.1) is 22.5 Å². The molecule has 5 nitrogen and oxygen atoms in total. The third kappa shape index (κ3) is 3.76. The number of amides is 1. The van der Waals surface area contributed by atoms with Crippen molar-refractivity contribution in [2.45, 2.75) is 13.8 Å². The largest absolute Gasteiger partial charge is 0.322 e. The Balaban J connectivity index is 1.51. The molecule has 0 radical (unpaired) electrons. The maximum atomic E-state index is 13.3. The Labute approximate surface area is 186 Å². The van der Waals surface area contributed by atoms with Crippen LogP contribution in [0.1, 0.15) is 21.5 Å². The zero-order valence-electron chi connectivity index (χ0n) is 17.9. The average Bonchev–Trinajstić information content (AvgIpc) is 3.35. The molecule has 0 atom stereocenters. The van der Waals surface area contributed by atoms with Crippen molar-refractivity contribution in [2.24, 2.45) is 0 Å². The Morgan fingerprint density at radius 1 is 0.875 bits per heavy atom. The fourth-order valence-corrected chi connectivity index (χ4v) is 3.73.